The Morgan fingerprint density at radius 2 is 1.83 bits per heavy atom. The normalized spacial score (nSPS) is 33.2. The fourth-order valence-electron chi connectivity index (χ4n) is 4.54. The summed E-state index contributed by atoms with van der Waals surface area (Å²) in [6.07, 6.45) is 6.64. The zero-order valence-corrected chi connectivity index (χ0v) is 15.7. The van der Waals surface area contributed by atoms with E-state index in [1.165, 1.54) is 0 Å². The van der Waals surface area contributed by atoms with Gasteiger partial charge in [-0.15, -0.1) is 0 Å². The molecule has 1 amide bonds. The van der Waals surface area contributed by atoms with E-state index >= 15 is 0 Å². The second-order valence-electron chi connectivity index (χ2n) is 8.83. The molecule has 2 saturated heterocycles. The van der Waals surface area contributed by atoms with Gasteiger partial charge in [0.2, 0.25) is 5.91 Å². The van der Waals surface area contributed by atoms with Crippen molar-refractivity contribution in [3.63, 3.8) is 0 Å². The van der Waals surface area contributed by atoms with E-state index in [4.69, 9.17) is 9.47 Å². The molecular formula is C19H35NO3. The molecule has 2 aliphatic rings. The maximum absolute atomic E-state index is 12.7. The molecule has 0 aliphatic carbocycles. The van der Waals surface area contributed by atoms with E-state index in [2.05, 4.69) is 39.9 Å². The molecule has 0 bridgehead atoms. The second-order valence-corrected chi connectivity index (χ2v) is 8.83. The number of carbonyl (C=O) groups is 1. The first kappa shape index (κ1) is 18.7. The number of nitrogens with one attached hydrogen (secondary N) is 1. The second kappa shape index (κ2) is 7.10. The fraction of sp³-hybridized carbons (Fsp3) is 0.947. The molecule has 0 saturated carbocycles. The summed E-state index contributed by atoms with van der Waals surface area (Å²) < 4.78 is 11.6. The SMILES string of the molecule is CCCC1(CC(=O)NC2CCOC(C)(C)C2)CCOC(C)(C)C1. The molecule has 0 spiro atoms. The van der Waals surface area contributed by atoms with Crippen LogP contribution < -0.4 is 5.32 Å². The quantitative estimate of drug-likeness (QED) is 0.836. The first-order valence-corrected chi connectivity index (χ1v) is 9.23. The molecule has 134 valence electrons. The van der Waals surface area contributed by atoms with Gasteiger partial charge in [-0.2, -0.15) is 0 Å². The molecule has 0 aromatic rings. The van der Waals surface area contributed by atoms with Crippen LogP contribution in [0.2, 0.25) is 0 Å². The lowest BCUT2D eigenvalue weighted by Crippen LogP contribution is -2.48. The number of carbonyl (C=O) groups excluding carboxylic acids is 1. The van der Waals surface area contributed by atoms with Crippen molar-refractivity contribution >= 4 is 5.91 Å². The van der Waals surface area contributed by atoms with Crippen LogP contribution in [0.4, 0.5) is 0 Å². The average molecular weight is 325 g/mol. The third-order valence-electron chi connectivity index (χ3n) is 5.30. The Labute approximate surface area is 141 Å². The van der Waals surface area contributed by atoms with Gasteiger partial charge in [-0.25, -0.2) is 0 Å². The summed E-state index contributed by atoms with van der Waals surface area (Å²) in [7, 11) is 0. The Bertz CT molecular complexity index is 415. The summed E-state index contributed by atoms with van der Waals surface area (Å²) in [5.74, 6) is 0.207. The lowest BCUT2D eigenvalue weighted by molar-refractivity contribution is -0.136. The van der Waals surface area contributed by atoms with Crippen LogP contribution in [-0.2, 0) is 14.3 Å². The minimum atomic E-state index is -0.127. The Kier molecular flexibility index (Phi) is 5.78. The zero-order chi connectivity index (χ0) is 17.1. The van der Waals surface area contributed by atoms with Gasteiger partial charge in [-0.3, -0.25) is 4.79 Å². The van der Waals surface area contributed by atoms with Crippen LogP contribution in [0, 0.1) is 5.41 Å². The van der Waals surface area contributed by atoms with Gasteiger partial charge in [0.1, 0.15) is 0 Å². The molecule has 0 radical (unpaired) electrons. The first-order valence-electron chi connectivity index (χ1n) is 9.23. The van der Waals surface area contributed by atoms with Crippen LogP contribution in [0.5, 0.6) is 0 Å². The van der Waals surface area contributed by atoms with Crippen LogP contribution >= 0.6 is 0 Å². The molecule has 23 heavy (non-hydrogen) atoms. The van der Waals surface area contributed by atoms with E-state index in [0.29, 0.717) is 6.42 Å². The van der Waals surface area contributed by atoms with Crippen LogP contribution in [0.1, 0.15) is 79.6 Å². The molecular weight excluding hydrogens is 290 g/mol. The van der Waals surface area contributed by atoms with Crippen LogP contribution in [0.25, 0.3) is 0 Å². The Hall–Kier alpha value is -0.610. The van der Waals surface area contributed by atoms with Gasteiger partial charge in [-0.05, 0) is 65.2 Å². The van der Waals surface area contributed by atoms with Gasteiger partial charge in [0.15, 0.2) is 0 Å². The fourth-order valence-corrected chi connectivity index (χ4v) is 4.54. The molecule has 1 N–H and O–H groups in total. The summed E-state index contributed by atoms with van der Waals surface area (Å²) in [6.45, 7) is 12.2. The summed E-state index contributed by atoms with van der Waals surface area (Å²) in [5, 5.41) is 3.27. The number of amides is 1. The minimum Gasteiger partial charge on any atom is -0.376 e. The number of ether oxygens (including phenoxy) is 2. The van der Waals surface area contributed by atoms with E-state index < -0.39 is 0 Å². The maximum atomic E-state index is 12.7. The molecule has 2 heterocycles. The largest absolute Gasteiger partial charge is 0.376 e. The van der Waals surface area contributed by atoms with E-state index in [1.807, 2.05) is 0 Å². The highest BCUT2D eigenvalue weighted by molar-refractivity contribution is 5.77. The topological polar surface area (TPSA) is 47.6 Å². The van der Waals surface area contributed by atoms with Crippen molar-refractivity contribution in [2.24, 2.45) is 5.41 Å². The molecule has 2 atom stereocenters. The van der Waals surface area contributed by atoms with E-state index in [9.17, 15) is 4.79 Å². The predicted molar refractivity (Wildman–Crippen MR) is 92.4 cm³/mol. The molecule has 2 rings (SSSR count). The van der Waals surface area contributed by atoms with Gasteiger partial charge < -0.3 is 14.8 Å². The molecule has 0 aromatic heterocycles. The van der Waals surface area contributed by atoms with Gasteiger partial charge in [0, 0.05) is 25.7 Å². The summed E-state index contributed by atoms with van der Waals surface area (Å²) in [6, 6.07) is 0.248. The third kappa shape index (κ3) is 5.46. The first-order chi connectivity index (χ1) is 10.7. The highest BCUT2D eigenvalue weighted by Gasteiger charge is 2.42. The summed E-state index contributed by atoms with van der Waals surface area (Å²) in [5.41, 5.74) is -0.145. The number of hydrogen-bond donors (Lipinski definition) is 1. The Morgan fingerprint density at radius 1 is 1.13 bits per heavy atom. The lowest BCUT2D eigenvalue weighted by atomic mass is 9.69. The standard InChI is InChI=1S/C19H35NO3/c1-6-8-19(9-11-23-18(4,5)14-19)13-16(21)20-15-7-10-22-17(2,3)12-15/h15H,6-14H2,1-5H3,(H,20,21). The molecule has 2 unspecified atom stereocenters. The van der Waals surface area contributed by atoms with Crippen LogP contribution in [-0.4, -0.2) is 36.4 Å². The van der Waals surface area contributed by atoms with Crippen molar-refractivity contribution in [2.45, 2.75) is 96.8 Å². The summed E-state index contributed by atoms with van der Waals surface area (Å²) >= 11 is 0. The van der Waals surface area contributed by atoms with E-state index in [-0.39, 0.29) is 28.6 Å². The van der Waals surface area contributed by atoms with Gasteiger partial charge in [-0.1, -0.05) is 13.3 Å². The van der Waals surface area contributed by atoms with Crippen molar-refractivity contribution in [3.8, 4) is 0 Å². The van der Waals surface area contributed by atoms with E-state index in [1.54, 1.807) is 0 Å². The van der Waals surface area contributed by atoms with Gasteiger partial charge >= 0.3 is 0 Å². The van der Waals surface area contributed by atoms with Crippen molar-refractivity contribution in [1.29, 1.82) is 0 Å². The molecule has 2 fully saturated rings. The Balaban J connectivity index is 1.95. The highest BCUT2D eigenvalue weighted by Crippen LogP contribution is 2.45. The molecule has 0 aromatic carbocycles. The monoisotopic (exact) mass is 325 g/mol. The Morgan fingerprint density at radius 3 is 2.43 bits per heavy atom. The minimum absolute atomic E-state index is 0.0985. The molecule has 2 aliphatic heterocycles. The molecule has 4 heteroatoms. The van der Waals surface area contributed by atoms with Crippen LogP contribution in [0.3, 0.4) is 0 Å². The van der Waals surface area contributed by atoms with E-state index in [0.717, 1.165) is 51.7 Å². The van der Waals surface area contributed by atoms with Crippen molar-refractivity contribution < 1.29 is 14.3 Å². The van der Waals surface area contributed by atoms with Crippen molar-refractivity contribution in [1.82, 2.24) is 5.32 Å². The number of rotatable bonds is 5. The van der Waals surface area contributed by atoms with Gasteiger partial charge in [0.05, 0.1) is 11.2 Å². The summed E-state index contributed by atoms with van der Waals surface area (Å²) in [4.78, 5) is 12.7. The third-order valence-corrected chi connectivity index (χ3v) is 5.30. The molecule has 4 nitrogen and oxygen atoms in total. The number of hydrogen-bond acceptors (Lipinski definition) is 3. The smallest absolute Gasteiger partial charge is 0.220 e. The maximum Gasteiger partial charge on any atom is 0.220 e. The van der Waals surface area contributed by atoms with Crippen LogP contribution in [0.15, 0.2) is 0 Å². The lowest BCUT2D eigenvalue weighted by Gasteiger charge is -2.45. The average Bonchev–Trinajstić information content (AvgIpc) is 2.35. The van der Waals surface area contributed by atoms with Crippen molar-refractivity contribution in [2.75, 3.05) is 13.2 Å². The van der Waals surface area contributed by atoms with Crippen molar-refractivity contribution in [3.05, 3.63) is 0 Å². The van der Waals surface area contributed by atoms with Gasteiger partial charge in [0.25, 0.3) is 0 Å². The zero-order valence-electron chi connectivity index (χ0n) is 15.7. The highest BCUT2D eigenvalue weighted by atomic mass is 16.5. The predicted octanol–water partition coefficient (Wildman–Crippen LogP) is 3.83.